The third kappa shape index (κ3) is 3.73. The Hall–Kier alpha value is -2.83. The molecule has 1 aliphatic rings. The molecule has 1 aliphatic carbocycles. The van der Waals surface area contributed by atoms with Crippen LogP contribution < -0.4 is 16.4 Å². The topological polar surface area (TPSA) is 102 Å². The van der Waals surface area contributed by atoms with Crippen molar-refractivity contribution in [3.63, 3.8) is 0 Å². The molecule has 2 aromatic rings. The number of benzene rings is 1. The lowest BCUT2D eigenvalue weighted by molar-refractivity contribution is -0.114. The van der Waals surface area contributed by atoms with Crippen LogP contribution in [0.5, 0.6) is 0 Å². The van der Waals surface area contributed by atoms with Crippen LogP contribution >= 0.6 is 0 Å². The standard InChI is InChI=1S/C17H21N5O2/c18-17(24)12-5-7-13(8-6-12)19-11-16(23)21-15-9-10-20-22(15)14-3-1-2-4-14/h5-10,14,19H,1-4,11H2,(H2,18,24)(H,21,23). The van der Waals surface area contributed by atoms with Gasteiger partial charge in [-0.2, -0.15) is 5.10 Å². The SMILES string of the molecule is NC(=O)c1ccc(NCC(=O)Nc2ccnn2C2CCCC2)cc1. The fourth-order valence-corrected chi connectivity index (χ4v) is 2.97. The number of anilines is 2. The molecule has 0 saturated heterocycles. The number of hydrogen-bond donors (Lipinski definition) is 3. The minimum Gasteiger partial charge on any atom is -0.376 e. The van der Waals surface area contributed by atoms with Gasteiger partial charge in [0.15, 0.2) is 0 Å². The Kier molecular flexibility index (Phi) is 4.79. The Morgan fingerprint density at radius 3 is 2.54 bits per heavy atom. The number of nitrogens with one attached hydrogen (secondary N) is 2. The average molecular weight is 327 g/mol. The van der Waals surface area contributed by atoms with Crippen LogP contribution in [0.15, 0.2) is 36.5 Å². The van der Waals surface area contributed by atoms with Crippen LogP contribution in [0.2, 0.25) is 0 Å². The van der Waals surface area contributed by atoms with Crippen LogP contribution in [-0.4, -0.2) is 28.1 Å². The second-order valence-corrected chi connectivity index (χ2v) is 5.94. The molecule has 0 unspecified atom stereocenters. The van der Waals surface area contributed by atoms with E-state index < -0.39 is 5.91 Å². The maximum absolute atomic E-state index is 12.1. The minimum absolute atomic E-state index is 0.131. The van der Waals surface area contributed by atoms with Crippen LogP contribution in [0.4, 0.5) is 11.5 Å². The van der Waals surface area contributed by atoms with Crippen molar-refractivity contribution in [2.75, 3.05) is 17.2 Å². The minimum atomic E-state index is -0.473. The molecule has 0 atom stereocenters. The number of carbonyl (C=O) groups is 2. The van der Waals surface area contributed by atoms with Gasteiger partial charge in [-0.1, -0.05) is 12.8 Å². The quantitative estimate of drug-likeness (QED) is 0.756. The van der Waals surface area contributed by atoms with Gasteiger partial charge in [-0.25, -0.2) is 4.68 Å². The van der Waals surface area contributed by atoms with E-state index in [2.05, 4.69) is 15.7 Å². The Morgan fingerprint density at radius 2 is 1.88 bits per heavy atom. The molecule has 2 amide bonds. The highest BCUT2D eigenvalue weighted by Crippen LogP contribution is 2.31. The van der Waals surface area contributed by atoms with E-state index in [1.807, 2.05) is 10.7 Å². The average Bonchev–Trinajstić information content (AvgIpc) is 3.24. The molecule has 0 aliphatic heterocycles. The number of hydrogen-bond acceptors (Lipinski definition) is 4. The molecular weight excluding hydrogens is 306 g/mol. The molecule has 3 rings (SSSR count). The van der Waals surface area contributed by atoms with Gasteiger partial charge in [0.25, 0.3) is 0 Å². The van der Waals surface area contributed by atoms with Crippen LogP contribution in [-0.2, 0) is 4.79 Å². The third-order valence-corrected chi connectivity index (χ3v) is 4.23. The third-order valence-electron chi connectivity index (χ3n) is 4.23. The van der Waals surface area contributed by atoms with Gasteiger partial charge in [-0.15, -0.1) is 0 Å². The zero-order chi connectivity index (χ0) is 16.9. The van der Waals surface area contributed by atoms with E-state index in [0.29, 0.717) is 11.6 Å². The molecule has 0 bridgehead atoms. The van der Waals surface area contributed by atoms with Gasteiger partial charge in [0.2, 0.25) is 11.8 Å². The normalized spacial score (nSPS) is 14.5. The molecule has 1 heterocycles. The fraction of sp³-hybridized carbons (Fsp3) is 0.353. The molecule has 1 aromatic carbocycles. The zero-order valence-electron chi connectivity index (χ0n) is 13.4. The van der Waals surface area contributed by atoms with E-state index in [1.165, 1.54) is 12.8 Å². The van der Waals surface area contributed by atoms with Gasteiger partial charge < -0.3 is 16.4 Å². The largest absolute Gasteiger partial charge is 0.376 e. The van der Waals surface area contributed by atoms with E-state index in [4.69, 9.17) is 5.73 Å². The summed E-state index contributed by atoms with van der Waals surface area (Å²) in [5.41, 5.74) is 6.38. The summed E-state index contributed by atoms with van der Waals surface area (Å²) in [6.07, 6.45) is 6.34. The first-order valence-electron chi connectivity index (χ1n) is 8.10. The first kappa shape index (κ1) is 16.0. The van der Waals surface area contributed by atoms with E-state index >= 15 is 0 Å². The lowest BCUT2D eigenvalue weighted by Crippen LogP contribution is -2.24. The number of primary amides is 1. The number of aromatic nitrogens is 2. The molecule has 1 saturated carbocycles. The van der Waals surface area contributed by atoms with E-state index in [-0.39, 0.29) is 12.5 Å². The van der Waals surface area contributed by atoms with Gasteiger partial charge >= 0.3 is 0 Å². The summed E-state index contributed by atoms with van der Waals surface area (Å²) in [5.74, 6) is 0.117. The fourth-order valence-electron chi connectivity index (χ4n) is 2.97. The molecule has 1 aromatic heterocycles. The summed E-state index contributed by atoms with van der Waals surface area (Å²) in [5, 5.41) is 10.2. The summed E-state index contributed by atoms with van der Waals surface area (Å²) in [6.45, 7) is 0.131. The van der Waals surface area contributed by atoms with Crippen molar-refractivity contribution in [1.82, 2.24) is 9.78 Å². The molecule has 1 fully saturated rings. The Labute approximate surface area is 140 Å². The summed E-state index contributed by atoms with van der Waals surface area (Å²) >= 11 is 0. The molecule has 0 spiro atoms. The van der Waals surface area contributed by atoms with Crippen molar-refractivity contribution in [2.45, 2.75) is 31.7 Å². The van der Waals surface area contributed by atoms with Gasteiger partial charge in [-0.3, -0.25) is 9.59 Å². The predicted octanol–water partition coefficient (Wildman–Crippen LogP) is 2.15. The molecular formula is C17H21N5O2. The number of carbonyl (C=O) groups excluding carboxylic acids is 2. The first-order chi connectivity index (χ1) is 11.6. The zero-order valence-corrected chi connectivity index (χ0v) is 13.4. The maximum Gasteiger partial charge on any atom is 0.248 e. The second kappa shape index (κ2) is 7.16. The molecule has 7 nitrogen and oxygen atoms in total. The summed E-state index contributed by atoms with van der Waals surface area (Å²) < 4.78 is 1.91. The van der Waals surface area contributed by atoms with E-state index in [9.17, 15) is 9.59 Å². The van der Waals surface area contributed by atoms with Crippen molar-refractivity contribution in [3.05, 3.63) is 42.1 Å². The summed E-state index contributed by atoms with van der Waals surface area (Å²) in [7, 11) is 0. The molecule has 0 radical (unpaired) electrons. The maximum atomic E-state index is 12.1. The van der Waals surface area contributed by atoms with Crippen molar-refractivity contribution in [3.8, 4) is 0 Å². The van der Waals surface area contributed by atoms with Crippen molar-refractivity contribution in [2.24, 2.45) is 5.73 Å². The molecule has 24 heavy (non-hydrogen) atoms. The van der Waals surface area contributed by atoms with E-state index in [1.54, 1.807) is 30.5 Å². The Balaban J connectivity index is 1.54. The molecule has 7 heteroatoms. The highest BCUT2D eigenvalue weighted by molar-refractivity contribution is 5.94. The van der Waals surface area contributed by atoms with Crippen LogP contribution in [0, 0.1) is 0 Å². The van der Waals surface area contributed by atoms with Gasteiger partial charge in [-0.05, 0) is 37.1 Å². The summed E-state index contributed by atoms with van der Waals surface area (Å²) in [6, 6.07) is 8.88. The lowest BCUT2D eigenvalue weighted by atomic mass is 10.2. The van der Waals surface area contributed by atoms with Gasteiger partial charge in [0, 0.05) is 17.3 Å². The number of amides is 2. The van der Waals surface area contributed by atoms with Crippen molar-refractivity contribution in [1.29, 1.82) is 0 Å². The first-order valence-corrected chi connectivity index (χ1v) is 8.10. The number of nitrogens with two attached hydrogens (primary N) is 1. The monoisotopic (exact) mass is 327 g/mol. The Bertz CT molecular complexity index is 717. The van der Waals surface area contributed by atoms with Crippen molar-refractivity contribution < 1.29 is 9.59 Å². The molecule has 126 valence electrons. The number of rotatable bonds is 6. The molecule has 4 N–H and O–H groups in total. The van der Waals surface area contributed by atoms with Crippen LogP contribution in [0.3, 0.4) is 0 Å². The number of nitrogens with zero attached hydrogens (tertiary/aromatic N) is 2. The Morgan fingerprint density at radius 1 is 1.17 bits per heavy atom. The highest BCUT2D eigenvalue weighted by Gasteiger charge is 2.20. The van der Waals surface area contributed by atoms with Gasteiger partial charge in [0.1, 0.15) is 5.82 Å². The lowest BCUT2D eigenvalue weighted by Gasteiger charge is -2.15. The van der Waals surface area contributed by atoms with Crippen LogP contribution in [0.25, 0.3) is 0 Å². The predicted molar refractivity (Wildman–Crippen MR) is 91.8 cm³/mol. The van der Waals surface area contributed by atoms with Crippen LogP contribution in [0.1, 0.15) is 42.1 Å². The smallest absolute Gasteiger partial charge is 0.248 e. The highest BCUT2D eigenvalue weighted by atomic mass is 16.2. The van der Waals surface area contributed by atoms with E-state index in [0.717, 1.165) is 24.3 Å². The second-order valence-electron chi connectivity index (χ2n) is 5.94. The van der Waals surface area contributed by atoms with Crippen molar-refractivity contribution >= 4 is 23.3 Å². The van der Waals surface area contributed by atoms with Gasteiger partial charge in [0.05, 0.1) is 18.8 Å². The summed E-state index contributed by atoms with van der Waals surface area (Å²) in [4.78, 5) is 23.2.